The normalized spacial score (nSPS) is 15.9. The van der Waals surface area contributed by atoms with E-state index in [4.69, 9.17) is 0 Å². The van der Waals surface area contributed by atoms with Crippen LogP contribution in [0.1, 0.15) is 170 Å². The van der Waals surface area contributed by atoms with Crippen LogP contribution in [0, 0.1) is 11.8 Å². The molecule has 2 amide bonds. The van der Waals surface area contributed by atoms with Crippen molar-refractivity contribution in [3.63, 3.8) is 0 Å². The number of hydrogen-bond acceptors (Lipinski definition) is 4. The molecule has 0 aromatic carbocycles. The van der Waals surface area contributed by atoms with Gasteiger partial charge in [0.25, 0.3) is 12.8 Å². The van der Waals surface area contributed by atoms with Crippen LogP contribution in [-0.2, 0) is 19.2 Å². The highest BCUT2D eigenvalue weighted by atomic mass is 35.5. The van der Waals surface area contributed by atoms with E-state index < -0.39 is 0 Å². The van der Waals surface area contributed by atoms with Crippen LogP contribution in [0.4, 0.5) is 0 Å². The number of Topliss-reactive ketones (excluding diaryl/α,β-unsaturated/α-hetero) is 2. The minimum absolute atomic E-state index is 0. The molecule has 4 unspecified atom stereocenters. The average Bonchev–Trinajstić information content (AvgIpc) is 3.04. The fraction of sp³-hybridized carbons (Fsp3) is 0.800. The second-order valence-electron chi connectivity index (χ2n) is 14.2. The lowest BCUT2D eigenvalue weighted by Crippen LogP contribution is -3.11. The molecular formula is C40H72Cl2N2O4. The molecule has 0 aromatic heterocycles. The summed E-state index contributed by atoms with van der Waals surface area (Å²) in [6.45, 7) is 14.5. The van der Waals surface area contributed by atoms with Crippen molar-refractivity contribution < 1.29 is 53.8 Å². The predicted molar refractivity (Wildman–Crippen MR) is 191 cm³/mol. The van der Waals surface area contributed by atoms with Gasteiger partial charge in [-0.2, -0.15) is 0 Å². The topological polar surface area (TPSA) is 77.2 Å². The molecule has 0 radical (unpaired) electrons. The van der Waals surface area contributed by atoms with Gasteiger partial charge >= 0.3 is 0 Å². The Morgan fingerprint density at radius 3 is 1.04 bits per heavy atom. The maximum atomic E-state index is 14.6. The van der Waals surface area contributed by atoms with E-state index in [0.717, 1.165) is 64.2 Å². The standard InChI is InChI=1S/C40H70N2O4.2ClH/c1-7-11-13-15-17-19-21-23-25-33(5)37-35(29-41(31-43)27-9-3)40(46)38(36(39(37)45)30-42(32-44)28-10-4)34(6)26-24-22-20-18-16-14-12-8-2;;/h31-34H,7-30H2,1-6H3;2*1H. The third-order valence-corrected chi connectivity index (χ3v) is 9.94. The monoisotopic (exact) mass is 714 g/mol. The number of unbranched alkanes of at least 4 members (excludes halogenated alkanes) is 14. The van der Waals surface area contributed by atoms with Gasteiger partial charge in [-0.15, -0.1) is 0 Å². The highest BCUT2D eigenvalue weighted by Crippen LogP contribution is 2.35. The number of allylic oxidation sites excluding steroid dienone is 2. The van der Waals surface area contributed by atoms with Gasteiger partial charge in [0.2, 0.25) is 0 Å². The van der Waals surface area contributed by atoms with Crippen LogP contribution in [0.15, 0.2) is 22.3 Å². The van der Waals surface area contributed by atoms with Crippen LogP contribution in [-0.4, -0.2) is 50.6 Å². The second-order valence-corrected chi connectivity index (χ2v) is 14.2. The highest BCUT2D eigenvalue weighted by Gasteiger charge is 2.40. The SMILES string of the molecule is CCCCCCCCCCC(C)C1=C(C[NH+](C=O)CCC)C(=O)C(C(C)CCCCCCCCCC)=C(C[NH+](C=O)CCC)C1=O.[Cl-].[Cl-]. The van der Waals surface area contributed by atoms with E-state index in [-0.39, 0.29) is 61.3 Å². The molecule has 0 fully saturated rings. The molecule has 8 heteroatoms. The summed E-state index contributed by atoms with van der Waals surface area (Å²) >= 11 is 0. The van der Waals surface area contributed by atoms with Crippen LogP contribution in [0.5, 0.6) is 0 Å². The number of amides is 2. The first kappa shape index (κ1) is 48.8. The van der Waals surface area contributed by atoms with Crippen molar-refractivity contribution in [1.82, 2.24) is 0 Å². The van der Waals surface area contributed by atoms with Crippen molar-refractivity contribution in [1.29, 1.82) is 0 Å². The quantitative estimate of drug-likeness (QED) is 0.0662. The highest BCUT2D eigenvalue weighted by molar-refractivity contribution is 6.25. The third kappa shape index (κ3) is 18.1. The van der Waals surface area contributed by atoms with E-state index in [9.17, 15) is 19.2 Å². The molecule has 0 bridgehead atoms. The second kappa shape index (κ2) is 30.5. The van der Waals surface area contributed by atoms with Gasteiger partial charge in [0.1, 0.15) is 13.1 Å². The Bertz CT molecular complexity index is 889. The molecule has 0 aromatic rings. The molecule has 0 spiro atoms. The van der Waals surface area contributed by atoms with Gasteiger partial charge in [0, 0.05) is 11.1 Å². The Hall–Kier alpha value is -1.34. The molecule has 1 aliphatic rings. The summed E-state index contributed by atoms with van der Waals surface area (Å²) in [7, 11) is 0. The van der Waals surface area contributed by atoms with Gasteiger partial charge in [0.05, 0.1) is 24.2 Å². The molecular weight excluding hydrogens is 643 g/mol. The minimum atomic E-state index is -0.0634. The zero-order valence-corrected chi connectivity index (χ0v) is 33.2. The van der Waals surface area contributed by atoms with Gasteiger partial charge in [0.15, 0.2) is 11.6 Å². The van der Waals surface area contributed by atoms with Gasteiger partial charge in [-0.3, -0.25) is 19.4 Å². The Kier molecular flexibility index (Phi) is 31.0. The summed E-state index contributed by atoms with van der Waals surface area (Å²) in [5.41, 5.74) is 2.33. The molecule has 1 rings (SSSR count). The predicted octanol–water partition coefficient (Wildman–Crippen LogP) is 0.976. The molecule has 280 valence electrons. The zero-order valence-electron chi connectivity index (χ0n) is 31.7. The molecule has 0 heterocycles. The first-order chi connectivity index (χ1) is 22.3. The number of halogens is 2. The number of rotatable bonds is 30. The van der Waals surface area contributed by atoms with Gasteiger partial charge in [-0.05, 0) is 37.5 Å². The van der Waals surface area contributed by atoms with Gasteiger partial charge < -0.3 is 24.8 Å². The van der Waals surface area contributed by atoms with Crippen LogP contribution in [0.25, 0.3) is 0 Å². The van der Waals surface area contributed by atoms with Crippen molar-refractivity contribution in [2.45, 2.75) is 170 Å². The maximum Gasteiger partial charge on any atom is 0.300 e. The number of hydrogen-bond donors (Lipinski definition) is 2. The Labute approximate surface area is 307 Å². The molecule has 0 saturated carbocycles. The van der Waals surface area contributed by atoms with Crippen molar-refractivity contribution in [2.75, 3.05) is 26.2 Å². The van der Waals surface area contributed by atoms with Crippen molar-refractivity contribution in [3.05, 3.63) is 22.3 Å². The number of carbonyl (C=O) groups excluding carboxylic acids is 4. The summed E-state index contributed by atoms with van der Waals surface area (Å²) in [6, 6.07) is 0. The summed E-state index contributed by atoms with van der Waals surface area (Å²) < 4.78 is 0. The summed E-state index contributed by atoms with van der Waals surface area (Å²) in [6.07, 6.45) is 24.7. The van der Waals surface area contributed by atoms with Crippen molar-refractivity contribution in [2.24, 2.45) is 11.8 Å². The molecule has 2 N–H and O–H groups in total. The van der Waals surface area contributed by atoms with Crippen LogP contribution < -0.4 is 34.6 Å². The number of ketones is 2. The van der Waals surface area contributed by atoms with Crippen LogP contribution in [0.3, 0.4) is 0 Å². The number of quaternary nitrogens is 2. The molecule has 4 atom stereocenters. The largest absolute Gasteiger partial charge is 1.00 e. The first-order valence-corrected chi connectivity index (χ1v) is 19.5. The zero-order chi connectivity index (χ0) is 34.2. The van der Waals surface area contributed by atoms with E-state index in [1.165, 1.54) is 77.0 Å². The molecule has 6 nitrogen and oxygen atoms in total. The molecule has 1 aliphatic carbocycles. The van der Waals surface area contributed by atoms with Crippen LogP contribution >= 0.6 is 0 Å². The van der Waals surface area contributed by atoms with Crippen molar-refractivity contribution >= 4 is 24.4 Å². The lowest BCUT2D eigenvalue weighted by Gasteiger charge is -2.30. The van der Waals surface area contributed by atoms with E-state index in [0.29, 0.717) is 45.2 Å². The fourth-order valence-corrected chi connectivity index (χ4v) is 7.17. The lowest BCUT2D eigenvalue weighted by atomic mass is 9.73. The first-order valence-electron chi connectivity index (χ1n) is 19.5. The smallest absolute Gasteiger partial charge is 0.300 e. The number of carbonyl (C=O) groups is 4. The number of nitrogens with one attached hydrogen (secondary N) is 2. The molecule has 0 saturated heterocycles. The maximum absolute atomic E-state index is 14.6. The van der Waals surface area contributed by atoms with E-state index in [1.54, 1.807) is 0 Å². The minimum Gasteiger partial charge on any atom is -1.00 e. The van der Waals surface area contributed by atoms with Gasteiger partial charge in [-0.25, -0.2) is 9.59 Å². The molecule has 48 heavy (non-hydrogen) atoms. The van der Waals surface area contributed by atoms with E-state index >= 15 is 0 Å². The summed E-state index contributed by atoms with van der Waals surface area (Å²) in [4.78, 5) is 54.7. The Morgan fingerprint density at radius 1 is 0.479 bits per heavy atom. The van der Waals surface area contributed by atoms with Crippen molar-refractivity contribution in [3.8, 4) is 0 Å². The van der Waals surface area contributed by atoms with E-state index in [1.807, 2.05) is 13.8 Å². The van der Waals surface area contributed by atoms with Crippen LogP contribution in [0.2, 0.25) is 0 Å². The van der Waals surface area contributed by atoms with E-state index in [2.05, 4.69) is 27.7 Å². The third-order valence-electron chi connectivity index (χ3n) is 9.94. The lowest BCUT2D eigenvalue weighted by molar-refractivity contribution is -0.805. The summed E-state index contributed by atoms with van der Waals surface area (Å²) in [5, 5.41) is 0. The summed E-state index contributed by atoms with van der Waals surface area (Å²) in [5.74, 6) is -0.216. The fourth-order valence-electron chi connectivity index (χ4n) is 7.17. The molecule has 0 aliphatic heterocycles. The Balaban J connectivity index is 0. The average molecular weight is 716 g/mol. The Morgan fingerprint density at radius 2 is 0.771 bits per heavy atom. The van der Waals surface area contributed by atoms with Gasteiger partial charge in [-0.1, -0.05) is 144 Å².